The molecule has 0 saturated carbocycles. The first-order valence-corrected chi connectivity index (χ1v) is 4.16. The normalized spacial score (nSPS) is 10.0. The Morgan fingerprint density at radius 1 is 1.50 bits per heavy atom. The van der Waals surface area contributed by atoms with E-state index in [0.717, 1.165) is 3.57 Å². The molecule has 0 radical (unpaired) electrons. The van der Waals surface area contributed by atoms with E-state index < -0.39 is 0 Å². The highest BCUT2D eigenvalue weighted by Crippen LogP contribution is 2.21. The summed E-state index contributed by atoms with van der Waals surface area (Å²) < 4.78 is 0.862. The Balaban J connectivity index is 3.14. The molecule has 4 nitrogen and oxygen atoms in total. The fourth-order valence-electron chi connectivity index (χ4n) is 0.720. The standard InChI is InChI=1S/C7H5IN4/c8-6-3-5(4-9)1-2-7(6)11-12-10/h1-3H,(H2,10,11). The van der Waals surface area contributed by atoms with Crippen molar-refractivity contribution >= 4 is 28.3 Å². The second kappa shape index (κ2) is 4.01. The predicted octanol–water partition coefficient (Wildman–Crippen LogP) is 2.12. The van der Waals surface area contributed by atoms with Gasteiger partial charge in [0.15, 0.2) is 0 Å². The summed E-state index contributed by atoms with van der Waals surface area (Å²) in [6, 6.07) is 7.13. The summed E-state index contributed by atoms with van der Waals surface area (Å²) >= 11 is 2.07. The molecule has 1 aromatic rings. The third kappa shape index (κ3) is 1.92. The number of halogens is 1. The molecule has 0 aliphatic carbocycles. The van der Waals surface area contributed by atoms with Crippen molar-refractivity contribution in [3.05, 3.63) is 27.3 Å². The summed E-state index contributed by atoms with van der Waals surface area (Å²) in [5.74, 6) is 4.89. The van der Waals surface area contributed by atoms with Gasteiger partial charge in [0.25, 0.3) is 0 Å². The Labute approximate surface area is 83.2 Å². The Bertz CT molecular complexity index is 353. The number of nitrogens with two attached hydrogens (primary N) is 1. The number of rotatable bonds is 1. The van der Waals surface area contributed by atoms with Gasteiger partial charge in [0.1, 0.15) is 5.69 Å². The Kier molecular flexibility index (Phi) is 2.99. The number of nitrogens with zero attached hydrogens (tertiary/aromatic N) is 3. The minimum atomic E-state index is 0.607. The predicted molar refractivity (Wildman–Crippen MR) is 52.6 cm³/mol. The Hall–Kier alpha value is -1.16. The monoisotopic (exact) mass is 272 g/mol. The van der Waals surface area contributed by atoms with E-state index in [4.69, 9.17) is 11.1 Å². The van der Waals surface area contributed by atoms with Gasteiger partial charge in [0.2, 0.25) is 0 Å². The largest absolute Gasteiger partial charge is 0.305 e. The van der Waals surface area contributed by atoms with E-state index in [2.05, 4.69) is 32.9 Å². The van der Waals surface area contributed by atoms with Crippen LogP contribution in [0.4, 0.5) is 5.69 Å². The first kappa shape index (κ1) is 8.93. The number of nitriles is 1. The van der Waals surface area contributed by atoms with Crippen molar-refractivity contribution < 1.29 is 0 Å². The molecule has 1 aromatic carbocycles. The van der Waals surface area contributed by atoms with E-state index in [1.807, 2.05) is 6.07 Å². The van der Waals surface area contributed by atoms with Crippen molar-refractivity contribution in [1.29, 1.82) is 5.26 Å². The number of hydrogen-bond donors (Lipinski definition) is 1. The maximum Gasteiger partial charge on any atom is 0.101 e. The van der Waals surface area contributed by atoms with Gasteiger partial charge in [0, 0.05) is 3.57 Å². The van der Waals surface area contributed by atoms with E-state index >= 15 is 0 Å². The van der Waals surface area contributed by atoms with Crippen LogP contribution in [0.2, 0.25) is 0 Å². The van der Waals surface area contributed by atoms with Gasteiger partial charge in [-0.3, -0.25) is 0 Å². The zero-order valence-electron chi connectivity index (χ0n) is 6.03. The average molecular weight is 272 g/mol. The summed E-state index contributed by atoms with van der Waals surface area (Å²) in [5.41, 5.74) is 1.28. The molecule has 0 saturated heterocycles. The zero-order valence-corrected chi connectivity index (χ0v) is 8.19. The third-order valence-corrected chi connectivity index (χ3v) is 2.11. The maximum atomic E-state index is 8.55. The molecular weight excluding hydrogens is 267 g/mol. The van der Waals surface area contributed by atoms with Crippen LogP contribution >= 0.6 is 22.6 Å². The van der Waals surface area contributed by atoms with Gasteiger partial charge in [-0.1, -0.05) is 5.22 Å². The second-order valence-corrected chi connectivity index (χ2v) is 3.16. The molecule has 0 aliphatic rings. The zero-order chi connectivity index (χ0) is 8.97. The summed E-state index contributed by atoms with van der Waals surface area (Å²) in [6.45, 7) is 0. The second-order valence-electron chi connectivity index (χ2n) is 1.99. The van der Waals surface area contributed by atoms with E-state index in [9.17, 15) is 0 Å². The quantitative estimate of drug-likeness (QED) is 0.368. The van der Waals surface area contributed by atoms with E-state index in [1.165, 1.54) is 0 Å². The Morgan fingerprint density at radius 2 is 2.25 bits per heavy atom. The van der Waals surface area contributed by atoms with Crippen molar-refractivity contribution in [2.45, 2.75) is 0 Å². The molecule has 0 amide bonds. The lowest BCUT2D eigenvalue weighted by atomic mass is 10.2. The lowest BCUT2D eigenvalue weighted by molar-refractivity contribution is 1.06. The molecule has 0 spiro atoms. The van der Waals surface area contributed by atoms with Crippen molar-refractivity contribution in [2.24, 2.45) is 16.2 Å². The molecule has 2 N–H and O–H groups in total. The van der Waals surface area contributed by atoms with Crippen LogP contribution in [-0.2, 0) is 0 Å². The van der Waals surface area contributed by atoms with Gasteiger partial charge < -0.3 is 5.84 Å². The highest BCUT2D eigenvalue weighted by molar-refractivity contribution is 14.1. The fraction of sp³-hybridized carbons (Fsp3) is 0. The van der Waals surface area contributed by atoms with E-state index in [1.54, 1.807) is 18.2 Å². The van der Waals surface area contributed by atoms with E-state index in [0.29, 0.717) is 11.3 Å². The molecule has 0 fully saturated rings. The first-order valence-electron chi connectivity index (χ1n) is 3.08. The third-order valence-electron chi connectivity index (χ3n) is 1.24. The minimum absolute atomic E-state index is 0.607. The van der Waals surface area contributed by atoms with Gasteiger partial charge >= 0.3 is 0 Å². The van der Waals surface area contributed by atoms with Crippen LogP contribution in [0.25, 0.3) is 0 Å². The highest BCUT2D eigenvalue weighted by atomic mass is 127. The van der Waals surface area contributed by atoms with Crippen molar-refractivity contribution in [2.75, 3.05) is 0 Å². The van der Waals surface area contributed by atoms with Gasteiger partial charge in [0.05, 0.1) is 11.6 Å². The molecular formula is C7H5IN4. The van der Waals surface area contributed by atoms with Crippen molar-refractivity contribution in [1.82, 2.24) is 0 Å². The van der Waals surface area contributed by atoms with E-state index in [-0.39, 0.29) is 0 Å². The van der Waals surface area contributed by atoms with Crippen molar-refractivity contribution in [3.8, 4) is 6.07 Å². The van der Waals surface area contributed by atoms with Crippen LogP contribution in [0.5, 0.6) is 0 Å². The van der Waals surface area contributed by atoms with Gasteiger partial charge in [-0.25, -0.2) is 0 Å². The van der Waals surface area contributed by atoms with Crippen LogP contribution in [-0.4, -0.2) is 0 Å². The molecule has 12 heavy (non-hydrogen) atoms. The minimum Gasteiger partial charge on any atom is -0.305 e. The molecule has 0 heterocycles. The van der Waals surface area contributed by atoms with Gasteiger partial charge in [-0.15, -0.1) is 5.11 Å². The van der Waals surface area contributed by atoms with Crippen molar-refractivity contribution in [3.63, 3.8) is 0 Å². The van der Waals surface area contributed by atoms with Crippen LogP contribution in [0.3, 0.4) is 0 Å². The Morgan fingerprint density at radius 3 is 2.75 bits per heavy atom. The van der Waals surface area contributed by atoms with Crippen LogP contribution in [0, 0.1) is 14.9 Å². The SMILES string of the molecule is N#Cc1ccc(N=NN)c(I)c1. The lowest BCUT2D eigenvalue weighted by Crippen LogP contribution is -1.79. The van der Waals surface area contributed by atoms with Gasteiger partial charge in [-0.05, 0) is 40.8 Å². The number of hydrogen-bond acceptors (Lipinski definition) is 3. The smallest absolute Gasteiger partial charge is 0.101 e. The molecule has 60 valence electrons. The topological polar surface area (TPSA) is 74.5 Å². The molecule has 1 rings (SSSR count). The first-order chi connectivity index (χ1) is 5.77. The molecule has 0 bridgehead atoms. The van der Waals surface area contributed by atoms with Crippen LogP contribution in [0.15, 0.2) is 28.5 Å². The fourth-order valence-corrected chi connectivity index (χ4v) is 1.34. The van der Waals surface area contributed by atoms with Crippen LogP contribution < -0.4 is 5.84 Å². The van der Waals surface area contributed by atoms with Gasteiger partial charge in [-0.2, -0.15) is 5.26 Å². The lowest BCUT2D eigenvalue weighted by Gasteiger charge is -1.95. The molecule has 0 aromatic heterocycles. The molecule has 0 atom stereocenters. The maximum absolute atomic E-state index is 8.55. The molecule has 5 heteroatoms. The van der Waals surface area contributed by atoms with Crippen LogP contribution in [0.1, 0.15) is 5.56 Å². The highest BCUT2D eigenvalue weighted by Gasteiger charge is 1.98. The molecule has 0 aliphatic heterocycles. The molecule has 0 unspecified atom stereocenters. The summed E-state index contributed by atoms with van der Waals surface area (Å²) in [5, 5.41) is 15.4. The summed E-state index contributed by atoms with van der Waals surface area (Å²) in [6.07, 6.45) is 0. The average Bonchev–Trinajstić information content (AvgIpc) is 2.09. The number of benzene rings is 1. The summed E-state index contributed by atoms with van der Waals surface area (Å²) in [7, 11) is 0. The summed E-state index contributed by atoms with van der Waals surface area (Å²) in [4.78, 5) is 0.